The number of para-hydroxylation sites is 2. The van der Waals surface area contributed by atoms with Gasteiger partial charge in [0.15, 0.2) is 5.65 Å². The molecule has 7 heteroatoms. The normalized spacial score (nSPS) is 11.0. The Morgan fingerprint density at radius 1 is 1.08 bits per heavy atom. The lowest BCUT2D eigenvalue weighted by Crippen LogP contribution is -2.21. The monoisotopic (exact) mass is 410 g/mol. The second-order valence-corrected chi connectivity index (χ2v) is 6.56. The number of benzene rings is 2. The van der Waals surface area contributed by atoms with E-state index in [0.717, 1.165) is 11.3 Å². The van der Waals surface area contributed by atoms with Gasteiger partial charge in [-0.3, -0.25) is 9.36 Å². The summed E-state index contributed by atoms with van der Waals surface area (Å²) in [7, 11) is 1.76. The molecular formula is C19H15BrN4O2. The molecule has 4 rings (SSSR count). The van der Waals surface area contributed by atoms with Gasteiger partial charge in [0.1, 0.15) is 27.8 Å². The van der Waals surface area contributed by atoms with Crippen LogP contribution in [0.15, 0.2) is 70.3 Å². The quantitative estimate of drug-likeness (QED) is 0.514. The first-order valence-corrected chi connectivity index (χ1v) is 8.81. The summed E-state index contributed by atoms with van der Waals surface area (Å²) in [5.41, 5.74) is 1.29. The number of ether oxygens (including phenoxy) is 1. The van der Waals surface area contributed by atoms with Crippen LogP contribution in [0.5, 0.6) is 11.5 Å². The molecule has 0 amide bonds. The maximum atomic E-state index is 12.8. The Hall–Kier alpha value is -2.93. The zero-order valence-electron chi connectivity index (χ0n) is 14.0. The van der Waals surface area contributed by atoms with Crippen molar-refractivity contribution in [3.05, 3.63) is 81.4 Å². The molecule has 0 atom stereocenters. The van der Waals surface area contributed by atoms with Gasteiger partial charge in [0.05, 0.1) is 6.54 Å². The second kappa shape index (κ2) is 6.76. The minimum Gasteiger partial charge on any atom is -0.457 e. The van der Waals surface area contributed by atoms with Gasteiger partial charge in [-0.25, -0.2) is 9.67 Å². The van der Waals surface area contributed by atoms with E-state index in [9.17, 15) is 4.79 Å². The molecule has 26 heavy (non-hydrogen) atoms. The maximum absolute atomic E-state index is 12.8. The lowest BCUT2D eigenvalue weighted by Gasteiger charge is -2.12. The molecule has 0 fully saturated rings. The molecule has 0 unspecified atom stereocenters. The average Bonchev–Trinajstić information content (AvgIpc) is 2.94. The number of fused-ring (bicyclic) bond motifs is 1. The highest BCUT2D eigenvalue weighted by molar-refractivity contribution is 9.10. The average molecular weight is 411 g/mol. The molecule has 130 valence electrons. The molecule has 6 nitrogen and oxygen atoms in total. The molecule has 0 aliphatic carbocycles. The molecule has 0 radical (unpaired) electrons. The van der Waals surface area contributed by atoms with Gasteiger partial charge in [-0.1, -0.05) is 36.4 Å². The number of rotatable bonds is 4. The predicted octanol–water partition coefficient (Wildman–Crippen LogP) is 3.73. The largest absolute Gasteiger partial charge is 0.457 e. The molecule has 2 heterocycles. The van der Waals surface area contributed by atoms with Crippen molar-refractivity contribution in [1.29, 1.82) is 0 Å². The molecule has 0 aliphatic rings. The first-order chi connectivity index (χ1) is 12.6. The summed E-state index contributed by atoms with van der Waals surface area (Å²) in [5, 5.41) is 4.67. The van der Waals surface area contributed by atoms with E-state index in [2.05, 4.69) is 26.0 Å². The van der Waals surface area contributed by atoms with Crippen LogP contribution in [-0.2, 0) is 13.6 Å². The Morgan fingerprint density at radius 2 is 1.81 bits per heavy atom. The van der Waals surface area contributed by atoms with Crippen LogP contribution in [0.25, 0.3) is 11.0 Å². The summed E-state index contributed by atoms with van der Waals surface area (Å²) in [4.78, 5) is 17.2. The van der Waals surface area contributed by atoms with Gasteiger partial charge in [-0.15, -0.1) is 0 Å². The molecule has 0 saturated carbocycles. The second-order valence-electron chi connectivity index (χ2n) is 5.81. The highest BCUT2D eigenvalue weighted by atomic mass is 79.9. The van der Waals surface area contributed by atoms with E-state index in [1.165, 1.54) is 6.33 Å². The highest BCUT2D eigenvalue weighted by Crippen LogP contribution is 2.25. The van der Waals surface area contributed by atoms with Crippen molar-refractivity contribution in [3.8, 4) is 11.5 Å². The molecule has 4 aromatic rings. The number of halogens is 1. The number of hydrogen-bond acceptors (Lipinski definition) is 4. The summed E-state index contributed by atoms with van der Waals surface area (Å²) in [6, 6.07) is 17.2. The molecule has 0 aliphatic heterocycles. The summed E-state index contributed by atoms with van der Waals surface area (Å²) in [6.07, 6.45) is 1.54. The minimum atomic E-state index is -0.149. The Balaban J connectivity index is 1.72. The van der Waals surface area contributed by atoms with E-state index in [-0.39, 0.29) is 5.56 Å². The molecule has 2 aromatic heterocycles. The lowest BCUT2D eigenvalue weighted by atomic mass is 10.2. The lowest BCUT2D eigenvalue weighted by molar-refractivity contribution is 0.473. The van der Waals surface area contributed by atoms with E-state index < -0.39 is 0 Å². The first kappa shape index (κ1) is 16.5. The molecule has 0 saturated heterocycles. The fourth-order valence-corrected chi connectivity index (χ4v) is 3.37. The Kier molecular flexibility index (Phi) is 4.30. The van der Waals surface area contributed by atoms with Crippen molar-refractivity contribution in [1.82, 2.24) is 19.3 Å². The molecule has 0 spiro atoms. The van der Waals surface area contributed by atoms with Crippen LogP contribution in [0.1, 0.15) is 5.56 Å². The standard InChI is InChI=1S/C19H15BrN4O2/c1-23-18-16(17(20)22-23)19(25)24(12-21-18)11-13-7-5-6-10-15(13)26-14-8-3-2-4-9-14/h2-10,12H,11H2,1H3. The molecule has 0 bridgehead atoms. The van der Waals surface area contributed by atoms with Gasteiger partial charge < -0.3 is 4.74 Å². The van der Waals surface area contributed by atoms with Gasteiger partial charge >= 0.3 is 0 Å². The Labute approximate surface area is 157 Å². The van der Waals surface area contributed by atoms with Crippen molar-refractivity contribution in [2.24, 2.45) is 7.05 Å². The van der Waals surface area contributed by atoms with Crippen molar-refractivity contribution in [3.63, 3.8) is 0 Å². The summed E-state index contributed by atoms with van der Waals surface area (Å²) in [5.74, 6) is 1.45. The number of hydrogen-bond donors (Lipinski definition) is 0. The van der Waals surface area contributed by atoms with Crippen LogP contribution in [-0.4, -0.2) is 19.3 Å². The highest BCUT2D eigenvalue weighted by Gasteiger charge is 2.14. The van der Waals surface area contributed by atoms with E-state index in [0.29, 0.717) is 27.9 Å². The van der Waals surface area contributed by atoms with Crippen LogP contribution in [0.3, 0.4) is 0 Å². The Morgan fingerprint density at radius 3 is 2.62 bits per heavy atom. The number of aryl methyl sites for hydroxylation is 1. The van der Waals surface area contributed by atoms with Crippen molar-refractivity contribution in [2.75, 3.05) is 0 Å². The van der Waals surface area contributed by atoms with Crippen molar-refractivity contribution in [2.45, 2.75) is 6.54 Å². The van der Waals surface area contributed by atoms with Crippen molar-refractivity contribution >= 4 is 27.0 Å². The summed E-state index contributed by atoms with van der Waals surface area (Å²) >= 11 is 3.34. The maximum Gasteiger partial charge on any atom is 0.265 e. The number of aromatic nitrogens is 4. The zero-order chi connectivity index (χ0) is 18.1. The fourth-order valence-electron chi connectivity index (χ4n) is 2.78. The van der Waals surface area contributed by atoms with Crippen LogP contribution in [0, 0.1) is 0 Å². The minimum absolute atomic E-state index is 0.149. The van der Waals surface area contributed by atoms with Gasteiger partial charge in [0, 0.05) is 12.6 Å². The van der Waals surface area contributed by atoms with Crippen LogP contribution in [0.2, 0.25) is 0 Å². The smallest absolute Gasteiger partial charge is 0.265 e. The van der Waals surface area contributed by atoms with E-state index in [1.807, 2.05) is 54.6 Å². The fraction of sp³-hybridized carbons (Fsp3) is 0.105. The van der Waals surface area contributed by atoms with Crippen LogP contribution < -0.4 is 10.3 Å². The van der Waals surface area contributed by atoms with Gasteiger partial charge in [0.25, 0.3) is 5.56 Å². The zero-order valence-corrected chi connectivity index (χ0v) is 15.5. The van der Waals surface area contributed by atoms with Crippen molar-refractivity contribution < 1.29 is 4.74 Å². The van der Waals surface area contributed by atoms with Gasteiger partial charge in [-0.05, 0) is 34.1 Å². The third-order valence-electron chi connectivity index (χ3n) is 4.05. The topological polar surface area (TPSA) is 61.9 Å². The first-order valence-electron chi connectivity index (χ1n) is 8.02. The van der Waals surface area contributed by atoms with Crippen LogP contribution in [0.4, 0.5) is 0 Å². The summed E-state index contributed by atoms with van der Waals surface area (Å²) < 4.78 is 9.61. The van der Waals surface area contributed by atoms with Gasteiger partial charge in [-0.2, -0.15) is 5.10 Å². The van der Waals surface area contributed by atoms with E-state index in [1.54, 1.807) is 16.3 Å². The van der Waals surface area contributed by atoms with Gasteiger partial charge in [0.2, 0.25) is 0 Å². The van der Waals surface area contributed by atoms with E-state index in [4.69, 9.17) is 4.74 Å². The van der Waals surface area contributed by atoms with E-state index >= 15 is 0 Å². The molecular weight excluding hydrogens is 396 g/mol. The summed E-state index contributed by atoms with van der Waals surface area (Å²) in [6.45, 7) is 0.353. The number of nitrogens with zero attached hydrogens (tertiary/aromatic N) is 4. The van der Waals surface area contributed by atoms with Crippen LogP contribution >= 0.6 is 15.9 Å². The molecule has 2 aromatic carbocycles. The molecule has 0 N–H and O–H groups in total. The third-order valence-corrected chi connectivity index (χ3v) is 4.61. The Bertz CT molecular complexity index is 1140. The third kappa shape index (κ3) is 3.01. The SMILES string of the molecule is Cn1nc(Br)c2c(=O)n(Cc3ccccc3Oc3ccccc3)cnc21. The predicted molar refractivity (Wildman–Crippen MR) is 103 cm³/mol.